The Bertz CT molecular complexity index is 838. The lowest BCUT2D eigenvalue weighted by Gasteiger charge is -2.19. The first kappa shape index (κ1) is 14.0. The molecular formula is C19H20N4. The molecule has 0 amide bonds. The highest BCUT2D eigenvalue weighted by Crippen LogP contribution is 2.29. The predicted octanol–water partition coefficient (Wildman–Crippen LogP) is 4.28. The lowest BCUT2D eigenvalue weighted by molar-refractivity contribution is 0.941. The van der Waals surface area contributed by atoms with Crippen LogP contribution in [-0.2, 0) is 0 Å². The maximum absolute atomic E-state index is 4.82. The molecule has 23 heavy (non-hydrogen) atoms. The van der Waals surface area contributed by atoms with Gasteiger partial charge in [-0.1, -0.05) is 30.3 Å². The van der Waals surface area contributed by atoms with Crippen molar-refractivity contribution in [3.05, 3.63) is 54.1 Å². The summed E-state index contributed by atoms with van der Waals surface area (Å²) in [5.41, 5.74) is 3.22. The van der Waals surface area contributed by atoms with E-state index in [9.17, 15) is 0 Å². The van der Waals surface area contributed by atoms with E-state index >= 15 is 0 Å². The summed E-state index contributed by atoms with van der Waals surface area (Å²) in [5.74, 6) is 1.71. The van der Waals surface area contributed by atoms with Crippen molar-refractivity contribution < 1.29 is 0 Å². The third kappa shape index (κ3) is 2.72. The minimum atomic E-state index is 0.667. The quantitative estimate of drug-likeness (QED) is 0.784. The minimum Gasteiger partial charge on any atom is -0.356 e. The number of nitrogens with one attached hydrogen (secondary N) is 1. The Morgan fingerprint density at radius 2 is 1.65 bits per heavy atom. The lowest BCUT2D eigenvalue weighted by atomic mass is 10.2. The van der Waals surface area contributed by atoms with Crippen molar-refractivity contribution in [2.75, 3.05) is 23.3 Å². The topological polar surface area (TPSA) is 41.1 Å². The Hall–Kier alpha value is -2.62. The molecule has 0 unspecified atom stereocenters. The van der Waals surface area contributed by atoms with E-state index in [0.717, 1.165) is 35.5 Å². The molecule has 1 fully saturated rings. The number of nitrogens with zero attached hydrogens (tertiary/aromatic N) is 3. The van der Waals surface area contributed by atoms with Crippen molar-refractivity contribution in [1.82, 2.24) is 9.97 Å². The Morgan fingerprint density at radius 1 is 0.913 bits per heavy atom. The predicted molar refractivity (Wildman–Crippen MR) is 95.4 cm³/mol. The molecule has 0 atom stereocenters. The fourth-order valence-electron chi connectivity index (χ4n) is 3.12. The van der Waals surface area contributed by atoms with E-state index in [0.29, 0.717) is 5.95 Å². The molecule has 1 N–H and O–H groups in total. The molecule has 0 spiro atoms. The van der Waals surface area contributed by atoms with Gasteiger partial charge in [-0.05, 0) is 43.5 Å². The van der Waals surface area contributed by atoms with Crippen LogP contribution in [0, 0.1) is 6.92 Å². The molecule has 2 heterocycles. The van der Waals surface area contributed by atoms with E-state index < -0.39 is 0 Å². The number of benzene rings is 2. The Balaban J connectivity index is 1.79. The summed E-state index contributed by atoms with van der Waals surface area (Å²) >= 11 is 0. The van der Waals surface area contributed by atoms with Gasteiger partial charge < -0.3 is 10.2 Å². The van der Waals surface area contributed by atoms with Crippen LogP contribution in [0.15, 0.2) is 48.5 Å². The van der Waals surface area contributed by atoms with Crippen LogP contribution in [0.3, 0.4) is 0 Å². The lowest BCUT2D eigenvalue weighted by Crippen LogP contribution is -2.20. The minimum absolute atomic E-state index is 0.667. The fourth-order valence-corrected chi connectivity index (χ4v) is 3.12. The average Bonchev–Trinajstić information content (AvgIpc) is 3.11. The van der Waals surface area contributed by atoms with Gasteiger partial charge in [0.25, 0.3) is 0 Å². The number of aryl methyl sites for hydroxylation is 1. The molecule has 4 rings (SSSR count). The van der Waals surface area contributed by atoms with Crippen molar-refractivity contribution >= 4 is 28.4 Å². The normalized spacial score (nSPS) is 14.4. The third-order valence-corrected chi connectivity index (χ3v) is 4.38. The van der Waals surface area contributed by atoms with E-state index in [1.54, 1.807) is 0 Å². The zero-order valence-electron chi connectivity index (χ0n) is 13.3. The highest BCUT2D eigenvalue weighted by Gasteiger charge is 2.18. The van der Waals surface area contributed by atoms with Gasteiger partial charge in [0.15, 0.2) is 0 Å². The van der Waals surface area contributed by atoms with E-state index in [-0.39, 0.29) is 0 Å². The Morgan fingerprint density at radius 3 is 2.48 bits per heavy atom. The van der Waals surface area contributed by atoms with Gasteiger partial charge in [0.05, 0.1) is 5.52 Å². The first-order valence-corrected chi connectivity index (χ1v) is 8.16. The second-order valence-corrected chi connectivity index (χ2v) is 6.02. The molecule has 1 saturated heterocycles. The number of rotatable bonds is 3. The summed E-state index contributed by atoms with van der Waals surface area (Å²) in [6, 6.07) is 16.5. The second kappa shape index (κ2) is 5.88. The van der Waals surface area contributed by atoms with Crippen molar-refractivity contribution in [3.8, 4) is 0 Å². The highest BCUT2D eigenvalue weighted by atomic mass is 15.2. The van der Waals surface area contributed by atoms with Crippen LogP contribution in [0.5, 0.6) is 0 Å². The zero-order chi connectivity index (χ0) is 15.6. The van der Waals surface area contributed by atoms with Crippen molar-refractivity contribution in [2.24, 2.45) is 0 Å². The summed E-state index contributed by atoms with van der Waals surface area (Å²) in [6.07, 6.45) is 2.47. The largest absolute Gasteiger partial charge is 0.356 e. The van der Waals surface area contributed by atoms with Crippen LogP contribution >= 0.6 is 0 Å². The maximum Gasteiger partial charge on any atom is 0.229 e. The molecule has 0 bridgehead atoms. The van der Waals surface area contributed by atoms with E-state index in [4.69, 9.17) is 9.97 Å². The van der Waals surface area contributed by atoms with Crippen LogP contribution in [-0.4, -0.2) is 23.1 Å². The van der Waals surface area contributed by atoms with Crippen LogP contribution in [0.4, 0.5) is 17.5 Å². The van der Waals surface area contributed by atoms with Gasteiger partial charge >= 0.3 is 0 Å². The molecule has 0 aliphatic carbocycles. The van der Waals surface area contributed by atoms with Gasteiger partial charge in [-0.25, -0.2) is 4.98 Å². The Kier molecular flexibility index (Phi) is 3.58. The van der Waals surface area contributed by atoms with Crippen LogP contribution in [0.2, 0.25) is 0 Å². The molecule has 0 radical (unpaired) electrons. The molecule has 2 aromatic carbocycles. The number of hydrogen-bond acceptors (Lipinski definition) is 4. The zero-order valence-corrected chi connectivity index (χ0v) is 13.3. The number of aromatic nitrogens is 2. The van der Waals surface area contributed by atoms with Gasteiger partial charge in [-0.3, -0.25) is 0 Å². The summed E-state index contributed by atoms with van der Waals surface area (Å²) < 4.78 is 0. The van der Waals surface area contributed by atoms with Gasteiger partial charge in [0.2, 0.25) is 5.95 Å². The van der Waals surface area contributed by atoms with E-state index in [1.165, 1.54) is 18.4 Å². The van der Waals surface area contributed by atoms with Crippen molar-refractivity contribution in [2.45, 2.75) is 19.8 Å². The van der Waals surface area contributed by atoms with Gasteiger partial charge in [-0.2, -0.15) is 4.98 Å². The standard InChI is InChI=1S/C19H20N4/c1-14-8-2-4-10-16(14)20-19-21-17-11-5-3-9-15(17)18(22-19)23-12-6-7-13-23/h2-5,8-11H,6-7,12-13H2,1H3,(H,20,21,22). The van der Waals surface area contributed by atoms with Gasteiger partial charge in [-0.15, -0.1) is 0 Å². The maximum atomic E-state index is 4.82. The monoisotopic (exact) mass is 304 g/mol. The molecule has 1 aromatic heterocycles. The van der Waals surface area contributed by atoms with E-state index in [2.05, 4.69) is 47.5 Å². The van der Waals surface area contributed by atoms with Gasteiger partial charge in [0, 0.05) is 24.2 Å². The fraction of sp³-hybridized carbons (Fsp3) is 0.263. The molecule has 4 nitrogen and oxygen atoms in total. The van der Waals surface area contributed by atoms with Crippen LogP contribution < -0.4 is 10.2 Å². The summed E-state index contributed by atoms with van der Waals surface area (Å²) in [5, 5.41) is 4.51. The van der Waals surface area contributed by atoms with E-state index in [1.807, 2.05) is 18.2 Å². The first-order valence-electron chi connectivity index (χ1n) is 8.16. The van der Waals surface area contributed by atoms with Crippen molar-refractivity contribution in [3.63, 3.8) is 0 Å². The van der Waals surface area contributed by atoms with Crippen molar-refractivity contribution in [1.29, 1.82) is 0 Å². The molecule has 3 aromatic rings. The van der Waals surface area contributed by atoms with Crippen LogP contribution in [0.1, 0.15) is 18.4 Å². The molecule has 4 heteroatoms. The Labute approximate surface area is 136 Å². The molecule has 1 aliphatic heterocycles. The smallest absolute Gasteiger partial charge is 0.229 e. The van der Waals surface area contributed by atoms with Gasteiger partial charge in [0.1, 0.15) is 5.82 Å². The number of fused-ring (bicyclic) bond motifs is 1. The van der Waals surface area contributed by atoms with Crippen LogP contribution in [0.25, 0.3) is 10.9 Å². The second-order valence-electron chi connectivity index (χ2n) is 6.02. The number of hydrogen-bond donors (Lipinski definition) is 1. The molecule has 0 saturated carbocycles. The average molecular weight is 304 g/mol. The SMILES string of the molecule is Cc1ccccc1Nc1nc(N2CCCC2)c2ccccc2n1. The molecule has 1 aliphatic rings. The number of para-hydroxylation sites is 2. The highest BCUT2D eigenvalue weighted by molar-refractivity contribution is 5.91. The molecular weight excluding hydrogens is 284 g/mol. The number of anilines is 3. The summed E-state index contributed by atoms with van der Waals surface area (Å²) in [7, 11) is 0. The third-order valence-electron chi connectivity index (χ3n) is 4.38. The summed E-state index contributed by atoms with van der Waals surface area (Å²) in [4.78, 5) is 11.9. The summed E-state index contributed by atoms with van der Waals surface area (Å²) in [6.45, 7) is 4.24. The first-order chi connectivity index (χ1) is 11.3. The molecule has 116 valence electrons.